The molecule has 0 aliphatic heterocycles. The number of nitro benzene ring substituents is 1. The number of rotatable bonds is 4. The van der Waals surface area contributed by atoms with Gasteiger partial charge in [-0.15, -0.1) is 0 Å². The Morgan fingerprint density at radius 3 is 2.88 bits per heavy atom. The molecule has 0 saturated carbocycles. The molecule has 0 atom stereocenters. The molecule has 1 rings (SSSR count). The second-order valence-electron chi connectivity index (χ2n) is 3.22. The molecule has 16 heavy (non-hydrogen) atoms. The van der Waals surface area contributed by atoms with Crippen molar-refractivity contribution in [2.75, 3.05) is 18.5 Å². The summed E-state index contributed by atoms with van der Waals surface area (Å²) in [6.45, 7) is 0.443. The first-order valence-electron chi connectivity index (χ1n) is 4.58. The van der Waals surface area contributed by atoms with Gasteiger partial charge in [-0.25, -0.2) is 0 Å². The van der Waals surface area contributed by atoms with Gasteiger partial charge in [0.1, 0.15) is 5.69 Å². The molecule has 0 saturated heterocycles. The maximum Gasteiger partial charge on any atom is 0.294 e. The number of hydrogen-bond acceptors (Lipinski definition) is 4. The quantitative estimate of drug-likeness (QED) is 0.598. The summed E-state index contributed by atoms with van der Waals surface area (Å²) in [5.74, 6) is 0. The molecule has 0 radical (unpaired) electrons. The van der Waals surface area contributed by atoms with Crippen LogP contribution in [-0.4, -0.2) is 18.5 Å². The predicted molar refractivity (Wildman–Crippen MR) is 61.6 cm³/mol. The molecule has 0 bridgehead atoms. The van der Waals surface area contributed by atoms with E-state index in [1.807, 2.05) is 6.07 Å². The van der Waals surface area contributed by atoms with Crippen molar-refractivity contribution in [2.45, 2.75) is 6.42 Å². The van der Waals surface area contributed by atoms with Gasteiger partial charge in [-0.1, -0.05) is 11.6 Å². The Bertz CT molecular complexity index is 442. The molecular formula is C10H10ClN3O2. The van der Waals surface area contributed by atoms with E-state index in [-0.39, 0.29) is 5.69 Å². The molecule has 0 amide bonds. The van der Waals surface area contributed by atoms with Crippen molar-refractivity contribution in [3.05, 3.63) is 33.3 Å². The molecule has 1 aromatic carbocycles. The molecule has 1 aromatic rings. The highest BCUT2D eigenvalue weighted by Gasteiger charge is 2.17. The van der Waals surface area contributed by atoms with Crippen LogP contribution >= 0.6 is 11.6 Å². The van der Waals surface area contributed by atoms with Gasteiger partial charge in [0.05, 0.1) is 17.4 Å². The number of benzene rings is 1. The summed E-state index contributed by atoms with van der Waals surface area (Å²) in [4.78, 5) is 12.0. The third-order valence-corrected chi connectivity index (χ3v) is 2.34. The molecule has 0 fully saturated rings. The van der Waals surface area contributed by atoms with Crippen molar-refractivity contribution in [3.63, 3.8) is 0 Å². The molecule has 0 aliphatic rings. The van der Waals surface area contributed by atoms with Gasteiger partial charge in [0.15, 0.2) is 0 Å². The number of nitrogens with zero attached hydrogens (tertiary/aromatic N) is 3. The Hall–Kier alpha value is -1.80. The van der Waals surface area contributed by atoms with Crippen LogP contribution in [0.5, 0.6) is 0 Å². The van der Waals surface area contributed by atoms with Crippen molar-refractivity contribution < 1.29 is 4.92 Å². The Labute approximate surface area is 98.0 Å². The van der Waals surface area contributed by atoms with Crippen LogP contribution in [-0.2, 0) is 0 Å². The summed E-state index contributed by atoms with van der Waals surface area (Å²) < 4.78 is 0. The van der Waals surface area contributed by atoms with Crippen LogP contribution in [0.4, 0.5) is 11.4 Å². The molecule has 0 N–H and O–H groups in total. The highest BCUT2D eigenvalue weighted by atomic mass is 35.5. The lowest BCUT2D eigenvalue weighted by Gasteiger charge is -2.17. The SMILES string of the molecule is CN(CCC#N)c1ccc(Cl)cc1[N+](=O)[O-]. The lowest BCUT2D eigenvalue weighted by atomic mass is 10.2. The lowest BCUT2D eigenvalue weighted by molar-refractivity contribution is -0.384. The van der Waals surface area contributed by atoms with Gasteiger partial charge in [-0.2, -0.15) is 5.26 Å². The summed E-state index contributed by atoms with van der Waals surface area (Å²) in [6, 6.07) is 6.47. The van der Waals surface area contributed by atoms with E-state index in [1.54, 1.807) is 24.1 Å². The van der Waals surface area contributed by atoms with Gasteiger partial charge >= 0.3 is 0 Å². The largest absolute Gasteiger partial charge is 0.368 e. The average molecular weight is 240 g/mol. The van der Waals surface area contributed by atoms with Crippen LogP contribution in [0.3, 0.4) is 0 Å². The minimum atomic E-state index is -0.482. The third kappa shape index (κ3) is 2.84. The van der Waals surface area contributed by atoms with Crippen LogP contribution in [0.25, 0.3) is 0 Å². The summed E-state index contributed by atoms with van der Waals surface area (Å²) >= 11 is 5.69. The van der Waals surface area contributed by atoms with E-state index in [2.05, 4.69) is 0 Å². The fraction of sp³-hybridized carbons (Fsp3) is 0.300. The van der Waals surface area contributed by atoms with E-state index in [1.165, 1.54) is 6.07 Å². The molecule has 6 heteroatoms. The van der Waals surface area contributed by atoms with Gasteiger partial charge in [-0.3, -0.25) is 10.1 Å². The predicted octanol–water partition coefficient (Wildman–Crippen LogP) is 2.60. The van der Waals surface area contributed by atoms with Crippen molar-refractivity contribution in [2.24, 2.45) is 0 Å². The fourth-order valence-corrected chi connectivity index (χ4v) is 1.47. The maximum atomic E-state index is 10.8. The Balaban J connectivity index is 3.03. The highest BCUT2D eigenvalue weighted by molar-refractivity contribution is 6.30. The van der Waals surface area contributed by atoms with Crippen molar-refractivity contribution in [1.29, 1.82) is 5.26 Å². The van der Waals surface area contributed by atoms with E-state index in [0.29, 0.717) is 23.7 Å². The van der Waals surface area contributed by atoms with Gasteiger partial charge in [0.2, 0.25) is 0 Å². The van der Waals surface area contributed by atoms with E-state index >= 15 is 0 Å². The van der Waals surface area contributed by atoms with E-state index in [0.717, 1.165) is 0 Å². The Kier molecular flexibility index (Phi) is 4.09. The minimum Gasteiger partial charge on any atom is -0.368 e. The lowest BCUT2D eigenvalue weighted by Crippen LogP contribution is -2.19. The van der Waals surface area contributed by atoms with Crippen LogP contribution in [0, 0.1) is 21.4 Å². The van der Waals surface area contributed by atoms with Crippen LogP contribution < -0.4 is 4.90 Å². The topological polar surface area (TPSA) is 70.2 Å². The Morgan fingerprint density at radius 1 is 1.62 bits per heavy atom. The number of anilines is 1. The zero-order chi connectivity index (χ0) is 12.1. The molecule has 0 aliphatic carbocycles. The number of nitriles is 1. The van der Waals surface area contributed by atoms with Gasteiger partial charge in [0.25, 0.3) is 5.69 Å². The molecule has 5 nitrogen and oxygen atoms in total. The molecule has 0 aromatic heterocycles. The molecule has 0 spiro atoms. The van der Waals surface area contributed by atoms with Crippen molar-refractivity contribution in [3.8, 4) is 6.07 Å². The Morgan fingerprint density at radius 2 is 2.31 bits per heavy atom. The molecule has 0 unspecified atom stereocenters. The minimum absolute atomic E-state index is 0.0482. The zero-order valence-corrected chi connectivity index (χ0v) is 9.44. The van der Waals surface area contributed by atoms with Gasteiger partial charge in [0, 0.05) is 24.7 Å². The summed E-state index contributed by atoms with van der Waals surface area (Å²) in [5, 5.41) is 19.6. The van der Waals surface area contributed by atoms with Gasteiger partial charge in [-0.05, 0) is 12.1 Å². The zero-order valence-electron chi connectivity index (χ0n) is 8.68. The van der Waals surface area contributed by atoms with Gasteiger partial charge < -0.3 is 4.90 Å². The summed E-state index contributed by atoms with van der Waals surface area (Å²) in [5.41, 5.74) is 0.414. The second kappa shape index (κ2) is 5.33. The maximum absolute atomic E-state index is 10.8. The molecule has 0 heterocycles. The second-order valence-corrected chi connectivity index (χ2v) is 3.66. The van der Waals surface area contributed by atoms with E-state index in [9.17, 15) is 10.1 Å². The van der Waals surface area contributed by atoms with Crippen LogP contribution in [0.1, 0.15) is 6.42 Å². The van der Waals surface area contributed by atoms with E-state index in [4.69, 9.17) is 16.9 Å². The van der Waals surface area contributed by atoms with Crippen molar-refractivity contribution >= 4 is 23.0 Å². The first kappa shape index (κ1) is 12.3. The fourth-order valence-electron chi connectivity index (χ4n) is 1.30. The van der Waals surface area contributed by atoms with Crippen LogP contribution in [0.2, 0.25) is 5.02 Å². The number of hydrogen-bond donors (Lipinski definition) is 0. The number of nitro groups is 1. The third-order valence-electron chi connectivity index (χ3n) is 2.10. The first-order chi connectivity index (χ1) is 7.56. The summed E-state index contributed by atoms with van der Waals surface area (Å²) in [6.07, 6.45) is 0.316. The molecule has 84 valence electrons. The number of halogens is 1. The van der Waals surface area contributed by atoms with Crippen molar-refractivity contribution in [1.82, 2.24) is 0 Å². The smallest absolute Gasteiger partial charge is 0.294 e. The highest BCUT2D eigenvalue weighted by Crippen LogP contribution is 2.30. The summed E-state index contributed by atoms with van der Waals surface area (Å²) in [7, 11) is 1.70. The first-order valence-corrected chi connectivity index (χ1v) is 4.96. The normalized spacial score (nSPS) is 9.56. The monoisotopic (exact) mass is 239 g/mol. The van der Waals surface area contributed by atoms with E-state index < -0.39 is 4.92 Å². The molecular weight excluding hydrogens is 230 g/mol. The average Bonchev–Trinajstić information content (AvgIpc) is 2.25. The van der Waals surface area contributed by atoms with Crippen LogP contribution in [0.15, 0.2) is 18.2 Å². The standard InChI is InChI=1S/C10H10ClN3O2/c1-13(6-2-5-12)9-4-3-8(11)7-10(9)14(15)16/h3-4,7H,2,6H2,1H3.